The van der Waals surface area contributed by atoms with Crippen molar-refractivity contribution in [3.63, 3.8) is 0 Å². The number of hydrogen-bond acceptors (Lipinski definition) is 2. The molecule has 0 aromatic heterocycles. The molecule has 1 fully saturated rings. The number of aryl methyl sites for hydroxylation is 1. The predicted octanol–water partition coefficient (Wildman–Crippen LogP) is 2.55. The van der Waals surface area contributed by atoms with Crippen molar-refractivity contribution in [2.45, 2.75) is 26.7 Å². The van der Waals surface area contributed by atoms with Crippen molar-refractivity contribution in [2.24, 2.45) is 0 Å². The Morgan fingerprint density at radius 1 is 1.31 bits per heavy atom. The van der Waals surface area contributed by atoms with E-state index in [1.807, 2.05) is 6.07 Å². The maximum atomic E-state index is 11.0. The highest BCUT2D eigenvalue weighted by atomic mass is 16.1. The van der Waals surface area contributed by atoms with Crippen LogP contribution in [-0.4, -0.2) is 19.0 Å². The topological polar surface area (TPSA) is 32.3 Å². The van der Waals surface area contributed by atoms with Gasteiger partial charge >= 0.3 is 0 Å². The highest BCUT2D eigenvalue weighted by molar-refractivity contribution is 5.89. The van der Waals surface area contributed by atoms with Gasteiger partial charge in [0.05, 0.1) is 0 Å². The van der Waals surface area contributed by atoms with Crippen LogP contribution < -0.4 is 10.2 Å². The van der Waals surface area contributed by atoms with E-state index in [-0.39, 0.29) is 5.91 Å². The number of carbonyl (C=O) groups excluding carboxylic acids is 1. The summed E-state index contributed by atoms with van der Waals surface area (Å²) in [7, 11) is 0. The summed E-state index contributed by atoms with van der Waals surface area (Å²) in [6, 6.07) is 6.09. The molecule has 1 aromatic rings. The standard InChI is InChI=1S/C13H18N2O/c1-10-5-6-12(14-11(2)16)9-13(10)15-7-3-4-8-15/h5-6,9H,3-4,7-8H2,1-2H3,(H,14,16). The van der Waals surface area contributed by atoms with E-state index in [4.69, 9.17) is 0 Å². The minimum absolute atomic E-state index is 0.0174. The summed E-state index contributed by atoms with van der Waals surface area (Å²) in [6.45, 7) is 5.91. The molecule has 0 bridgehead atoms. The fourth-order valence-electron chi connectivity index (χ4n) is 2.19. The van der Waals surface area contributed by atoms with Crippen molar-refractivity contribution in [3.05, 3.63) is 23.8 Å². The highest BCUT2D eigenvalue weighted by Crippen LogP contribution is 2.27. The van der Waals surface area contributed by atoms with Crippen LogP contribution in [0, 0.1) is 6.92 Å². The van der Waals surface area contributed by atoms with Gasteiger partial charge in [-0.05, 0) is 37.5 Å². The van der Waals surface area contributed by atoms with Crippen LogP contribution in [0.3, 0.4) is 0 Å². The lowest BCUT2D eigenvalue weighted by Gasteiger charge is -2.21. The summed E-state index contributed by atoms with van der Waals surface area (Å²) in [6.07, 6.45) is 2.54. The van der Waals surface area contributed by atoms with Gasteiger partial charge in [0.25, 0.3) is 0 Å². The van der Waals surface area contributed by atoms with Crippen molar-refractivity contribution in [2.75, 3.05) is 23.3 Å². The molecule has 0 radical (unpaired) electrons. The average Bonchev–Trinajstić information content (AvgIpc) is 2.73. The number of amides is 1. The normalized spacial score (nSPS) is 15.2. The number of rotatable bonds is 2. The first kappa shape index (κ1) is 11.0. The average molecular weight is 218 g/mol. The smallest absolute Gasteiger partial charge is 0.221 e. The van der Waals surface area contributed by atoms with Crippen molar-refractivity contribution < 1.29 is 4.79 Å². The third-order valence-electron chi connectivity index (χ3n) is 2.98. The fourth-order valence-corrected chi connectivity index (χ4v) is 2.19. The second kappa shape index (κ2) is 4.56. The summed E-state index contributed by atoms with van der Waals surface area (Å²) in [5.74, 6) is -0.0174. The van der Waals surface area contributed by atoms with Gasteiger partial charge in [-0.1, -0.05) is 6.07 Å². The zero-order chi connectivity index (χ0) is 11.5. The summed E-state index contributed by atoms with van der Waals surface area (Å²) >= 11 is 0. The summed E-state index contributed by atoms with van der Waals surface area (Å²) in [5, 5.41) is 2.83. The lowest BCUT2D eigenvalue weighted by atomic mass is 10.1. The monoisotopic (exact) mass is 218 g/mol. The van der Waals surface area contributed by atoms with E-state index in [9.17, 15) is 4.79 Å². The lowest BCUT2D eigenvalue weighted by molar-refractivity contribution is -0.114. The SMILES string of the molecule is CC(=O)Nc1ccc(C)c(N2CCCC2)c1. The highest BCUT2D eigenvalue weighted by Gasteiger charge is 2.14. The zero-order valence-corrected chi connectivity index (χ0v) is 9.92. The Morgan fingerprint density at radius 2 is 2.00 bits per heavy atom. The molecule has 16 heavy (non-hydrogen) atoms. The molecule has 0 aliphatic carbocycles. The van der Waals surface area contributed by atoms with Crippen LogP contribution in [0.15, 0.2) is 18.2 Å². The first-order chi connectivity index (χ1) is 7.66. The van der Waals surface area contributed by atoms with E-state index >= 15 is 0 Å². The molecule has 3 nitrogen and oxygen atoms in total. The van der Waals surface area contributed by atoms with Crippen molar-refractivity contribution in [1.29, 1.82) is 0 Å². The Morgan fingerprint density at radius 3 is 2.62 bits per heavy atom. The van der Waals surface area contributed by atoms with Crippen LogP contribution in [0.5, 0.6) is 0 Å². The predicted molar refractivity (Wildman–Crippen MR) is 66.9 cm³/mol. The molecule has 0 spiro atoms. The van der Waals surface area contributed by atoms with Gasteiger partial charge in [0.2, 0.25) is 5.91 Å². The van der Waals surface area contributed by atoms with Gasteiger partial charge in [0, 0.05) is 31.4 Å². The first-order valence-corrected chi connectivity index (χ1v) is 5.80. The summed E-state index contributed by atoms with van der Waals surface area (Å²) in [4.78, 5) is 13.4. The molecule has 3 heteroatoms. The van der Waals surface area contributed by atoms with Crippen molar-refractivity contribution in [1.82, 2.24) is 0 Å². The van der Waals surface area contributed by atoms with Gasteiger partial charge < -0.3 is 10.2 Å². The second-order valence-corrected chi connectivity index (χ2v) is 4.38. The van der Waals surface area contributed by atoms with E-state index in [1.54, 1.807) is 0 Å². The van der Waals surface area contributed by atoms with Gasteiger partial charge in [-0.2, -0.15) is 0 Å². The number of nitrogens with one attached hydrogen (secondary N) is 1. The molecule has 2 rings (SSSR count). The molecular formula is C13H18N2O. The Balaban J connectivity index is 2.24. The molecule has 1 amide bonds. The molecular weight excluding hydrogens is 200 g/mol. The molecule has 1 heterocycles. The fraction of sp³-hybridized carbons (Fsp3) is 0.462. The van der Waals surface area contributed by atoms with Gasteiger partial charge in [-0.15, -0.1) is 0 Å². The lowest BCUT2D eigenvalue weighted by Crippen LogP contribution is -2.19. The van der Waals surface area contributed by atoms with Crippen LogP contribution in [0.25, 0.3) is 0 Å². The number of benzene rings is 1. The maximum absolute atomic E-state index is 11.0. The molecule has 1 saturated heterocycles. The molecule has 1 aliphatic heterocycles. The van der Waals surface area contributed by atoms with Gasteiger partial charge in [0.15, 0.2) is 0 Å². The Kier molecular flexibility index (Phi) is 3.13. The van der Waals surface area contributed by atoms with E-state index in [1.165, 1.54) is 31.0 Å². The Bertz CT molecular complexity index is 395. The minimum atomic E-state index is -0.0174. The first-order valence-electron chi connectivity index (χ1n) is 5.80. The molecule has 0 unspecified atom stereocenters. The van der Waals surface area contributed by atoms with Crippen LogP contribution in [-0.2, 0) is 4.79 Å². The molecule has 86 valence electrons. The van der Waals surface area contributed by atoms with Crippen LogP contribution >= 0.6 is 0 Å². The quantitative estimate of drug-likeness (QED) is 0.827. The van der Waals surface area contributed by atoms with E-state index in [0.717, 1.165) is 18.8 Å². The zero-order valence-electron chi connectivity index (χ0n) is 9.92. The molecule has 0 saturated carbocycles. The van der Waals surface area contributed by atoms with Crippen molar-refractivity contribution >= 4 is 17.3 Å². The Hall–Kier alpha value is -1.51. The van der Waals surface area contributed by atoms with Gasteiger partial charge in [-0.3, -0.25) is 4.79 Å². The van der Waals surface area contributed by atoms with Crippen LogP contribution in [0.4, 0.5) is 11.4 Å². The molecule has 0 atom stereocenters. The largest absolute Gasteiger partial charge is 0.371 e. The van der Waals surface area contributed by atoms with Crippen LogP contribution in [0.1, 0.15) is 25.3 Å². The van der Waals surface area contributed by atoms with E-state index in [0.29, 0.717) is 0 Å². The Labute approximate surface area is 96.5 Å². The number of carbonyl (C=O) groups is 1. The molecule has 1 N–H and O–H groups in total. The second-order valence-electron chi connectivity index (χ2n) is 4.38. The molecule has 1 aliphatic rings. The number of nitrogens with zero attached hydrogens (tertiary/aromatic N) is 1. The summed E-state index contributed by atoms with van der Waals surface area (Å²) < 4.78 is 0. The van der Waals surface area contributed by atoms with Crippen molar-refractivity contribution in [3.8, 4) is 0 Å². The number of hydrogen-bond donors (Lipinski definition) is 1. The van der Waals surface area contributed by atoms with Gasteiger partial charge in [-0.25, -0.2) is 0 Å². The van der Waals surface area contributed by atoms with E-state index in [2.05, 4.69) is 29.3 Å². The number of anilines is 2. The third-order valence-corrected chi connectivity index (χ3v) is 2.98. The molecule has 1 aromatic carbocycles. The maximum Gasteiger partial charge on any atom is 0.221 e. The third kappa shape index (κ3) is 2.35. The summed E-state index contributed by atoms with van der Waals surface area (Å²) in [5.41, 5.74) is 3.42. The van der Waals surface area contributed by atoms with E-state index < -0.39 is 0 Å². The van der Waals surface area contributed by atoms with Gasteiger partial charge in [0.1, 0.15) is 0 Å². The van der Waals surface area contributed by atoms with Crippen LogP contribution in [0.2, 0.25) is 0 Å². The minimum Gasteiger partial charge on any atom is -0.371 e.